The van der Waals surface area contributed by atoms with Crippen LogP contribution in [0.2, 0.25) is 0 Å². The maximum atomic E-state index is 13.3. The number of amides is 1. The van der Waals surface area contributed by atoms with Gasteiger partial charge in [0, 0.05) is 5.56 Å². The maximum Gasteiger partial charge on any atom is 0.325 e. The molecule has 7 heteroatoms. The van der Waals surface area contributed by atoms with E-state index in [9.17, 15) is 19.5 Å². The molecule has 0 spiro atoms. The van der Waals surface area contributed by atoms with Gasteiger partial charge < -0.3 is 19.5 Å². The number of aliphatic carboxylic acids is 1. The molecule has 3 rings (SSSR count). The van der Waals surface area contributed by atoms with Crippen molar-refractivity contribution in [2.24, 2.45) is 5.92 Å². The lowest BCUT2D eigenvalue weighted by Crippen LogP contribution is -2.58. The van der Waals surface area contributed by atoms with Crippen LogP contribution in [0.15, 0.2) is 54.6 Å². The molecule has 0 aliphatic carbocycles. The Hall–Kier alpha value is -3.19. The average molecular weight is 425 g/mol. The molecule has 0 saturated carbocycles. The fourth-order valence-corrected chi connectivity index (χ4v) is 4.10. The average Bonchev–Trinajstić information content (AvgIpc) is 2.76. The Kier molecular flexibility index (Phi) is 7.07. The summed E-state index contributed by atoms with van der Waals surface area (Å²) in [7, 11) is 1.24. The number of hydrogen-bond acceptors (Lipinski definition) is 5. The van der Waals surface area contributed by atoms with Crippen molar-refractivity contribution in [3.05, 3.63) is 71.3 Å². The van der Waals surface area contributed by atoms with E-state index in [0.717, 1.165) is 5.56 Å². The molecule has 0 bridgehead atoms. The van der Waals surface area contributed by atoms with Crippen LogP contribution in [0.1, 0.15) is 41.3 Å². The van der Waals surface area contributed by atoms with E-state index in [2.05, 4.69) is 0 Å². The van der Waals surface area contributed by atoms with E-state index < -0.39 is 35.9 Å². The largest absolute Gasteiger partial charge is 0.481 e. The van der Waals surface area contributed by atoms with Gasteiger partial charge in [-0.2, -0.15) is 0 Å². The van der Waals surface area contributed by atoms with Crippen LogP contribution in [0.25, 0.3) is 0 Å². The molecule has 0 saturated heterocycles. The minimum Gasteiger partial charge on any atom is -0.481 e. The third-order valence-corrected chi connectivity index (χ3v) is 5.56. The first-order valence-electron chi connectivity index (χ1n) is 10.2. The maximum absolute atomic E-state index is 13.3. The Morgan fingerprint density at radius 1 is 1.06 bits per heavy atom. The topological polar surface area (TPSA) is 93.1 Å². The van der Waals surface area contributed by atoms with E-state index >= 15 is 0 Å². The molecule has 1 N–H and O–H groups in total. The number of hydrogen-bond donors (Lipinski definition) is 1. The highest BCUT2D eigenvalue weighted by molar-refractivity contribution is 6.01. The monoisotopic (exact) mass is 425 g/mol. The van der Waals surface area contributed by atoms with E-state index in [-0.39, 0.29) is 24.6 Å². The third-order valence-electron chi connectivity index (χ3n) is 5.56. The zero-order chi connectivity index (χ0) is 22.5. The molecule has 2 aromatic carbocycles. The van der Waals surface area contributed by atoms with Crippen LogP contribution in [-0.2, 0) is 25.7 Å². The van der Waals surface area contributed by atoms with Gasteiger partial charge in [0.2, 0.25) is 0 Å². The molecule has 0 radical (unpaired) electrons. The molecular formula is C24H27NO6. The van der Waals surface area contributed by atoms with Gasteiger partial charge in [0.05, 0.1) is 25.9 Å². The molecule has 2 aromatic rings. The van der Waals surface area contributed by atoms with Gasteiger partial charge in [-0.15, -0.1) is 0 Å². The molecule has 1 aliphatic heterocycles. The smallest absolute Gasteiger partial charge is 0.325 e. The number of nitrogens with zero attached hydrogens (tertiary/aromatic N) is 1. The molecule has 1 amide bonds. The first-order valence-corrected chi connectivity index (χ1v) is 10.2. The highest BCUT2D eigenvalue weighted by atomic mass is 16.5. The van der Waals surface area contributed by atoms with E-state index in [1.165, 1.54) is 12.0 Å². The summed E-state index contributed by atoms with van der Waals surface area (Å²) >= 11 is 0. The van der Waals surface area contributed by atoms with Gasteiger partial charge in [-0.1, -0.05) is 62.4 Å². The van der Waals surface area contributed by atoms with Crippen molar-refractivity contribution < 1.29 is 29.0 Å². The highest BCUT2D eigenvalue weighted by Gasteiger charge is 2.48. The summed E-state index contributed by atoms with van der Waals surface area (Å²) in [5, 5.41) is 10.2. The number of carboxylic acids is 1. The summed E-state index contributed by atoms with van der Waals surface area (Å²) in [5.74, 6) is -3.26. The van der Waals surface area contributed by atoms with Gasteiger partial charge in [0.25, 0.3) is 5.91 Å². The van der Waals surface area contributed by atoms with Gasteiger partial charge in [-0.3, -0.25) is 14.4 Å². The van der Waals surface area contributed by atoms with Gasteiger partial charge >= 0.3 is 11.9 Å². The van der Waals surface area contributed by atoms with Crippen molar-refractivity contribution in [3.8, 4) is 0 Å². The van der Waals surface area contributed by atoms with Gasteiger partial charge in [-0.25, -0.2) is 0 Å². The predicted octanol–water partition coefficient (Wildman–Crippen LogP) is 3.09. The molecule has 1 aliphatic rings. The zero-order valence-electron chi connectivity index (χ0n) is 17.9. The molecular weight excluding hydrogens is 398 g/mol. The molecule has 31 heavy (non-hydrogen) atoms. The number of carbonyl (C=O) groups is 3. The van der Waals surface area contributed by atoms with Crippen LogP contribution in [0.3, 0.4) is 0 Å². The minimum atomic E-state index is -1.08. The summed E-state index contributed by atoms with van der Waals surface area (Å²) in [4.78, 5) is 39.2. The lowest BCUT2D eigenvalue weighted by atomic mass is 9.78. The number of rotatable bonds is 8. The quantitative estimate of drug-likeness (QED) is 0.654. The van der Waals surface area contributed by atoms with E-state index in [1.807, 2.05) is 44.2 Å². The number of fused-ring (bicyclic) bond motifs is 1. The van der Waals surface area contributed by atoms with E-state index in [4.69, 9.17) is 9.47 Å². The number of esters is 1. The van der Waals surface area contributed by atoms with Crippen molar-refractivity contribution >= 4 is 17.8 Å². The van der Waals surface area contributed by atoms with Gasteiger partial charge in [0.1, 0.15) is 12.5 Å². The summed E-state index contributed by atoms with van der Waals surface area (Å²) in [6.45, 7) is 3.73. The van der Waals surface area contributed by atoms with Gasteiger partial charge in [0.15, 0.2) is 0 Å². The SMILES string of the molecule is COC(=O)CN1C(=O)c2ccccc2[C@H](C(=O)O)[C@H]1[C@@H](OCc1ccccc1)C(C)C. The predicted molar refractivity (Wildman–Crippen MR) is 114 cm³/mol. The first kappa shape index (κ1) is 22.5. The standard InChI is InChI=1S/C24H27NO6/c1-15(2)22(31-14-16-9-5-4-6-10-16)21-20(24(28)29)17-11-7-8-12-18(17)23(27)25(21)13-19(26)30-3/h4-12,15,20-22H,13-14H2,1-3H3,(H,28,29)/t20-,21-,22-/m0/s1. The van der Waals surface area contributed by atoms with Crippen molar-refractivity contribution in [2.45, 2.75) is 38.5 Å². The summed E-state index contributed by atoms with van der Waals surface area (Å²) in [6.07, 6.45) is -0.622. The Morgan fingerprint density at radius 2 is 1.71 bits per heavy atom. The number of benzene rings is 2. The fraction of sp³-hybridized carbons (Fsp3) is 0.375. The molecule has 0 unspecified atom stereocenters. The minimum absolute atomic E-state index is 0.117. The second kappa shape index (κ2) is 9.75. The van der Waals surface area contributed by atoms with Crippen LogP contribution < -0.4 is 0 Å². The Bertz CT molecular complexity index is 942. The Balaban J connectivity index is 2.06. The zero-order valence-corrected chi connectivity index (χ0v) is 17.9. The lowest BCUT2D eigenvalue weighted by molar-refractivity contribution is -0.149. The fourth-order valence-electron chi connectivity index (χ4n) is 4.10. The summed E-state index contributed by atoms with van der Waals surface area (Å²) in [6, 6.07) is 15.3. The lowest BCUT2D eigenvalue weighted by Gasteiger charge is -2.44. The second-order valence-corrected chi connectivity index (χ2v) is 7.91. The Labute approximate surface area is 181 Å². The van der Waals surface area contributed by atoms with Crippen LogP contribution in [0.5, 0.6) is 0 Å². The van der Waals surface area contributed by atoms with Crippen molar-refractivity contribution in [2.75, 3.05) is 13.7 Å². The van der Waals surface area contributed by atoms with E-state index in [0.29, 0.717) is 5.56 Å². The Morgan fingerprint density at radius 3 is 2.32 bits per heavy atom. The molecule has 0 fully saturated rings. The molecule has 1 heterocycles. The summed E-state index contributed by atoms with van der Waals surface area (Å²) in [5.41, 5.74) is 1.64. The van der Waals surface area contributed by atoms with Crippen LogP contribution in [0.4, 0.5) is 0 Å². The molecule has 3 atom stereocenters. The first-order chi connectivity index (χ1) is 14.8. The number of ether oxygens (including phenoxy) is 2. The number of carboxylic acid groups (broad SMARTS) is 1. The normalized spacial score (nSPS) is 19.1. The van der Waals surface area contributed by atoms with Crippen molar-refractivity contribution in [1.82, 2.24) is 4.90 Å². The molecule has 164 valence electrons. The number of methoxy groups -OCH3 is 1. The molecule has 7 nitrogen and oxygen atoms in total. The van der Waals surface area contributed by atoms with Crippen LogP contribution in [0, 0.1) is 5.92 Å². The molecule has 0 aromatic heterocycles. The van der Waals surface area contributed by atoms with Gasteiger partial charge in [-0.05, 0) is 23.1 Å². The highest BCUT2D eigenvalue weighted by Crippen LogP contribution is 2.38. The van der Waals surface area contributed by atoms with Crippen molar-refractivity contribution in [3.63, 3.8) is 0 Å². The van der Waals surface area contributed by atoms with E-state index in [1.54, 1.807) is 24.3 Å². The second-order valence-electron chi connectivity index (χ2n) is 7.91. The third kappa shape index (κ3) is 4.77. The van der Waals surface area contributed by atoms with Crippen LogP contribution >= 0.6 is 0 Å². The summed E-state index contributed by atoms with van der Waals surface area (Å²) < 4.78 is 11.0. The number of carbonyl (C=O) groups excluding carboxylic acids is 2. The van der Waals surface area contributed by atoms with Crippen LogP contribution in [-0.4, -0.2) is 53.7 Å². The van der Waals surface area contributed by atoms with Crippen molar-refractivity contribution in [1.29, 1.82) is 0 Å².